The van der Waals surface area contributed by atoms with Gasteiger partial charge in [0.15, 0.2) is 4.75 Å². The van der Waals surface area contributed by atoms with E-state index in [2.05, 4.69) is 24.0 Å². The van der Waals surface area contributed by atoms with Crippen LogP contribution in [0.25, 0.3) is 0 Å². The average molecular weight is 660 g/mol. The van der Waals surface area contributed by atoms with E-state index in [-0.39, 0.29) is 12.8 Å². The van der Waals surface area contributed by atoms with Crippen LogP contribution in [0.3, 0.4) is 0 Å². The summed E-state index contributed by atoms with van der Waals surface area (Å²) in [5.74, 6) is -0.456. The van der Waals surface area contributed by atoms with Crippen LogP contribution in [0.5, 0.6) is 0 Å². The number of amides is 1. The molecule has 0 radical (unpaired) electrons. The second kappa shape index (κ2) is 17.1. The van der Waals surface area contributed by atoms with Crippen LogP contribution in [0.2, 0.25) is 0 Å². The first-order valence-electron chi connectivity index (χ1n) is 13.1. The van der Waals surface area contributed by atoms with Crippen molar-refractivity contribution < 1.29 is 59.7 Å². The van der Waals surface area contributed by atoms with Crippen molar-refractivity contribution in [2.24, 2.45) is 0 Å². The van der Waals surface area contributed by atoms with Gasteiger partial charge in [0.2, 0.25) is 10.0 Å². The van der Waals surface area contributed by atoms with Gasteiger partial charge < -0.3 is 19.8 Å². The molecule has 3 heterocycles. The number of likely N-dealkylation sites (tertiary alicyclic amines) is 1. The second-order valence-electron chi connectivity index (χ2n) is 9.65. The van der Waals surface area contributed by atoms with Crippen molar-refractivity contribution in [1.82, 2.24) is 14.7 Å². The molecule has 0 bridgehead atoms. The fourth-order valence-electron chi connectivity index (χ4n) is 4.49. The molecule has 2 aliphatic rings. The Kier molecular flexibility index (Phi) is 15.6. The Balaban J connectivity index is 0.000000618. The van der Waals surface area contributed by atoms with Gasteiger partial charge in [0, 0.05) is 49.6 Å². The van der Waals surface area contributed by atoms with Gasteiger partial charge in [-0.1, -0.05) is 6.92 Å². The van der Waals surface area contributed by atoms with Crippen molar-refractivity contribution in [3.05, 3.63) is 21.9 Å². The minimum absolute atomic E-state index is 0.163. The van der Waals surface area contributed by atoms with Crippen molar-refractivity contribution in [2.75, 3.05) is 59.7 Å². The van der Waals surface area contributed by atoms with E-state index in [1.165, 1.54) is 14.1 Å². The highest BCUT2D eigenvalue weighted by molar-refractivity contribution is 7.91. The average Bonchev–Trinajstić information content (AvgIpc) is 3.45. The van der Waals surface area contributed by atoms with Gasteiger partial charge in [0.05, 0.1) is 6.61 Å². The van der Waals surface area contributed by atoms with Gasteiger partial charge in [-0.25, -0.2) is 18.2 Å². The molecule has 10 nitrogen and oxygen atoms in total. The molecule has 2 saturated heterocycles. The Hall–Kier alpha value is -1.54. The van der Waals surface area contributed by atoms with E-state index in [1.54, 1.807) is 12.6 Å². The Morgan fingerprint density at radius 3 is 1.93 bits per heavy atom. The van der Waals surface area contributed by atoms with Crippen LogP contribution in [-0.4, -0.2) is 116 Å². The van der Waals surface area contributed by atoms with Crippen LogP contribution < -0.4 is 5.48 Å². The number of sulfonamides is 1. The number of methoxy groups -OCH3 is 1. The number of carbonyl (C=O) groups is 1. The maximum absolute atomic E-state index is 13.6. The SMILES string of the molecule is CCc1ccc(C2CCN(S(=O)(=O)C3(C(=O)NO)CCN(CCOC)CC3)CC2)s1.OCC(F)(F)F.OCC(F)(F)F. The molecular formula is C24H39F6N3O7S2. The van der Waals surface area contributed by atoms with Gasteiger partial charge in [-0.2, -0.15) is 26.3 Å². The van der Waals surface area contributed by atoms with Gasteiger partial charge in [-0.15, -0.1) is 11.3 Å². The van der Waals surface area contributed by atoms with Crippen molar-refractivity contribution in [3.8, 4) is 0 Å². The van der Waals surface area contributed by atoms with Crippen molar-refractivity contribution in [1.29, 1.82) is 0 Å². The molecule has 1 aromatic heterocycles. The third kappa shape index (κ3) is 11.5. The lowest BCUT2D eigenvalue weighted by atomic mass is 9.95. The number of hydrogen-bond donors (Lipinski definition) is 4. The van der Waals surface area contributed by atoms with Gasteiger partial charge >= 0.3 is 12.4 Å². The molecule has 42 heavy (non-hydrogen) atoms. The minimum Gasteiger partial charge on any atom is -0.387 e. The second-order valence-corrected chi connectivity index (χ2v) is 13.1. The van der Waals surface area contributed by atoms with E-state index in [9.17, 15) is 44.8 Å². The fraction of sp³-hybridized carbons (Fsp3) is 0.792. The molecular weight excluding hydrogens is 620 g/mol. The van der Waals surface area contributed by atoms with E-state index in [0.717, 1.165) is 19.3 Å². The zero-order chi connectivity index (χ0) is 32.2. The zero-order valence-electron chi connectivity index (χ0n) is 23.4. The smallest absolute Gasteiger partial charge is 0.387 e. The number of hydroxylamine groups is 1. The van der Waals surface area contributed by atoms with E-state index >= 15 is 0 Å². The molecule has 1 amide bonds. The lowest BCUT2D eigenvalue weighted by Crippen LogP contribution is -2.62. The topological polar surface area (TPSA) is 140 Å². The molecule has 0 saturated carbocycles. The fourth-order valence-corrected chi connectivity index (χ4v) is 7.78. The number of aryl methyl sites for hydroxylation is 1. The first-order chi connectivity index (χ1) is 19.5. The monoisotopic (exact) mass is 659 g/mol. The van der Waals surface area contributed by atoms with Crippen LogP contribution in [0.1, 0.15) is 48.3 Å². The molecule has 18 heteroatoms. The quantitative estimate of drug-likeness (QED) is 0.190. The number of alkyl halides is 6. The lowest BCUT2D eigenvalue weighted by molar-refractivity contribution is -0.160. The van der Waals surface area contributed by atoms with Crippen LogP contribution in [-0.2, 0) is 26.0 Å². The Morgan fingerprint density at radius 2 is 1.55 bits per heavy atom. The summed E-state index contributed by atoms with van der Waals surface area (Å²) in [5.41, 5.74) is 1.64. The highest BCUT2D eigenvalue weighted by Crippen LogP contribution is 2.38. The third-order valence-electron chi connectivity index (χ3n) is 6.87. The highest BCUT2D eigenvalue weighted by atomic mass is 32.2. The molecule has 0 unspecified atom stereocenters. The molecule has 4 N–H and O–H groups in total. The van der Waals surface area contributed by atoms with Gasteiger partial charge in [-0.05, 0) is 50.2 Å². The normalized spacial score (nSPS) is 18.8. The molecule has 1 aromatic rings. The number of carbonyl (C=O) groups excluding carboxylic acids is 1. The first kappa shape index (κ1) is 38.5. The molecule has 3 rings (SSSR count). The highest BCUT2D eigenvalue weighted by Gasteiger charge is 2.55. The Morgan fingerprint density at radius 1 is 1.05 bits per heavy atom. The van der Waals surface area contributed by atoms with Crippen LogP contribution in [0, 0.1) is 0 Å². The molecule has 246 valence electrons. The summed E-state index contributed by atoms with van der Waals surface area (Å²) in [7, 11) is -2.27. The lowest BCUT2D eigenvalue weighted by Gasteiger charge is -2.43. The standard InChI is InChI=1S/C20H33N3O5S2.2C2H3F3O/c1-3-17-4-5-18(29-17)16-6-10-23(11-7-16)30(26,27)20(19(24)21-25)8-12-22(13-9-20)14-15-28-2;2*3-2(4,5)1-6/h4-5,16,25H,3,6-15H2,1-2H3,(H,21,24);2*6H,1H2. The number of aliphatic hydroxyl groups excluding tert-OH is 2. The summed E-state index contributed by atoms with van der Waals surface area (Å²) in [6.45, 7) is 1.68. The van der Waals surface area contributed by atoms with Crippen molar-refractivity contribution in [3.63, 3.8) is 0 Å². The molecule has 0 atom stereocenters. The molecule has 0 aliphatic carbocycles. The summed E-state index contributed by atoms with van der Waals surface area (Å²) < 4.78 is 95.3. The minimum atomic E-state index is -4.40. The zero-order valence-corrected chi connectivity index (χ0v) is 25.0. The van der Waals surface area contributed by atoms with Crippen LogP contribution >= 0.6 is 11.3 Å². The number of ether oxygens (including phenoxy) is 1. The van der Waals surface area contributed by atoms with E-state index < -0.39 is 46.2 Å². The number of hydrogen-bond acceptors (Lipinski definition) is 9. The molecule has 2 aliphatic heterocycles. The first-order valence-corrected chi connectivity index (χ1v) is 15.3. The number of aliphatic hydroxyl groups is 2. The number of nitrogens with one attached hydrogen (secondary N) is 1. The Bertz CT molecular complexity index is 1020. The molecule has 0 spiro atoms. The summed E-state index contributed by atoms with van der Waals surface area (Å²) >= 11 is 1.81. The molecule has 0 aromatic carbocycles. The van der Waals surface area contributed by atoms with Gasteiger partial charge in [0.25, 0.3) is 5.91 Å². The van der Waals surface area contributed by atoms with Crippen LogP contribution in [0.15, 0.2) is 12.1 Å². The summed E-state index contributed by atoms with van der Waals surface area (Å²) in [6.07, 6.45) is -5.97. The summed E-state index contributed by atoms with van der Waals surface area (Å²) in [4.78, 5) is 17.4. The Labute approximate surface area is 245 Å². The number of nitrogens with zero attached hydrogens (tertiary/aromatic N) is 2. The number of piperidine rings is 2. The van der Waals surface area contributed by atoms with E-state index in [1.807, 2.05) is 11.3 Å². The van der Waals surface area contributed by atoms with Gasteiger partial charge in [-0.3, -0.25) is 10.0 Å². The third-order valence-corrected chi connectivity index (χ3v) is 10.9. The number of halogens is 6. The number of thiophene rings is 1. The predicted octanol–water partition coefficient (Wildman–Crippen LogP) is 2.89. The predicted molar refractivity (Wildman–Crippen MR) is 143 cm³/mol. The maximum atomic E-state index is 13.6. The van der Waals surface area contributed by atoms with E-state index in [0.29, 0.717) is 45.2 Å². The van der Waals surface area contributed by atoms with E-state index in [4.69, 9.17) is 14.9 Å². The summed E-state index contributed by atoms with van der Waals surface area (Å²) in [5, 5.41) is 23.9. The largest absolute Gasteiger partial charge is 0.411 e. The van der Waals surface area contributed by atoms with Crippen molar-refractivity contribution in [2.45, 2.75) is 62.0 Å². The molecule has 2 fully saturated rings. The van der Waals surface area contributed by atoms with Crippen molar-refractivity contribution >= 4 is 27.3 Å². The van der Waals surface area contributed by atoms with Crippen LogP contribution in [0.4, 0.5) is 26.3 Å². The number of rotatable bonds is 8. The summed E-state index contributed by atoms with van der Waals surface area (Å²) in [6, 6.07) is 4.32. The maximum Gasteiger partial charge on any atom is 0.411 e. The van der Waals surface area contributed by atoms with Gasteiger partial charge in [0.1, 0.15) is 13.2 Å².